The molecule has 2 aromatic heterocycles. The summed E-state index contributed by atoms with van der Waals surface area (Å²) in [5, 5.41) is 4.33. The molecule has 0 unspecified atom stereocenters. The third kappa shape index (κ3) is 2.28. The number of thiophene rings is 1. The van der Waals surface area contributed by atoms with E-state index in [0.29, 0.717) is 10.6 Å². The highest BCUT2D eigenvalue weighted by Gasteiger charge is 2.18. The van der Waals surface area contributed by atoms with Crippen molar-refractivity contribution in [3.8, 4) is 0 Å². The Labute approximate surface area is 107 Å². The van der Waals surface area contributed by atoms with Crippen LogP contribution >= 0.6 is 11.3 Å². The highest BCUT2D eigenvalue weighted by atomic mass is 32.1. The zero-order valence-corrected chi connectivity index (χ0v) is 10.7. The summed E-state index contributed by atoms with van der Waals surface area (Å²) in [5.41, 5.74) is 1.16. The Morgan fingerprint density at radius 2 is 2.17 bits per heavy atom. The van der Waals surface area contributed by atoms with Crippen LogP contribution in [0.5, 0.6) is 0 Å². The average Bonchev–Trinajstić information content (AvgIpc) is 2.97. The molecule has 0 aliphatic heterocycles. The van der Waals surface area contributed by atoms with Crippen molar-refractivity contribution < 1.29 is 18.7 Å². The molecule has 0 aromatic carbocycles. The summed E-state index contributed by atoms with van der Waals surface area (Å²) < 4.78 is 9.70. The van der Waals surface area contributed by atoms with Crippen LogP contribution < -0.4 is 5.32 Å². The first-order valence-electron chi connectivity index (χ1n) is 5.14. The third-order valence-corrected chi connectivity index (χ3v) is 3.25. The minimum absolute atomic E-state index is 0.233. The third-order valence-electron chi connectivity index (χ3n) is 2.35. The van der Waals surface area contributed by atoms with E-state index in [0.717, 1.165) is 5.56 Å². The number of hydrogen-bond donors (Lipinski definition) is 1. The minimum atomic E-state index is -0.475. The molecule has 0 atom stereocenters. The van der Waals surface area contributed by atoms with Gasteiger partial charge in [-0.25, -0.2) is 4.79 Å². The lowest BCUT2D eigenvalue weighted by Gasteiger charge is -2.04. The van der Waals surface area contributed by atoms with Crippen LogP contribution in [0.2, 0.25) is 0 Å². The van der Waals surface area contributed by atoms with Crippen molar-refractivity contribution in [2.75, 3.05) is 12.4 Å². The molecule has 0 aliphatic rings. The molecule has 0 bridgehead atoms. The van der Waals surface area contributed by atoms with Crippen molar-refractivity contribution >= 4 is 28.9 Å². The molecule has 0 saturated carbocycles. The van der Waals surface area contributed by atoms with E-state index in [9.17, 15) is 9.59 Å². The molecule has 2 aromatic rings. The lowest BCUT2D eigenvalue weighted by atomic mass is 10.2. The normalized spacial score (nSPS) is 10.1. The molecule has 5 nitrogen and oxygen atoms in total. The maximum Gasteiger partial charge on any atom is 0.350 e. The summed E-state index contributed by atoms with van der Waals surface area (Å²) in [4.78, 5) is 23.7. The molecule has 0 saturated heterocycles. The second-order valence-corrected chi connectivity index (χ2v) is 4.46. The van der Waals surface area contributed by atoms with Crippen LogP contribution in [0.4, 0.5) is 5.69 Å². The standard InChI is InChI=1S/C12H11NO4S/c1-7-3-5-17-9(7)11(14)13-8-4-6-18-10(8)12(15)16-2/h3-6H,1-2H3,(H,13,14). The van der Waals surface area contributed by atoms with Gasteiger partial charge in [-0.1, -0.05) is 0 Å². The summed E-state index contributed by atoms with van der Waals surface area (Å²) in [6.07, 6.45) is 1.44. The largest absolute Gasteiger partial charge is 0.465 e. The lowest BCUT2D eigenvalue weighted by molar-refractivity contribution is 0.0607. The molecule has 0 spiro atoms. The topological polar surface area (TPSA) is 68.5 Å². The van der Waals surface area contributed by atoms with E-state index in [1.54, 1.807) is 24.4 Å². The highest BCUT2D eigenvalue weighted by molar-refractivity contribution is 7.12. The van der Waals surface area contributed by atoms with E-state index in [2.05, 4.69) is 10.1 Å². The molecule has 0 fully saturated rings. The number of nitrogens with one attached hydrogen (secondary N) is 1. The zero-order valence-electron chi connectivity index (χ0n) is 9.85. The van der Waals surface area contributed by atoms with Crippen molar-refractivity contribution in [3.63, 3.8) is 0 Å². The van der Waals surface area contributed by atoms with Crippen LogP contribution in [0.1, 0.15) is 25.8 Å². The molecule has 2 heterocycles. The van der Waals surface area contributed by atoms with E-state index in [-0.39, 0.29) is 11.7 Å². The number of esters is 1. The van der Waals surface area contributed by atoms with Crippen LogP contribution in [-0.4, -0.2) is 19.0 Å². The van der Waals surface area contributed by atoms with Gasteiger partial charge in [-0.05, 0) is 24.4 Å². The Bertz CT molecular complexity index is 584. The lowest BCUT2D eigenvalue weighted by Crippen LogP contribution is -2.14. The predicted molar refractivity (Wildman–Crippen MR) is 67.1 cm³/mol. The SMILES string of the molecule is COC(=O)c1sccc1NC(=O)c1occc1C. The Hall–Kier alpha value is -2.08. The maximum absolute atomic E-state index is 11.9. The molecule has 94 valence electrons. The van der Waals surface area contributed by atoms with Gasteiger partial charge in [0.05, 0.1) is 19.1 Å². The van der Waals surface area contributed by atoms with Crippen LogP contribution in [-0.2, 0) is 4.74 Å². The fraction of sp³-hybridized carbons (Fsp3) is 0.167. The van der Waals surface area contributed by atoms with Gasteiger partial charge >= 0.3 is 5.97 Å². The zero-order chi connectivity index (χ0) is 13.1. The van der Waals surface area contributed by atoms with Crippen molar-refractivity contribution in [1.82, 2.24) is 0 Å². The maximum atomic E-state index is 11.9. The fourth-order valence-electron chi connectivity index (χ4n) is 1.44. The molecular weight excluding hydrogens is 254 g/mol. The van der Waals surface area contributed by atoms with Gasteiger partial charge in [0, 0.05) is 5.56 Å². The van der Waals surface area contributed by atoms with E-state index < -0.39 is 5.97 Å². The minimum Gasteiger partial charge on any atom is -0.465 e. The molecule has 1 amide bonds. The summed E-state index contributed by atoms with van der Waals surface area (Å²) in [6, 6.07) is 3.34. The molecule has 18 heavy (non-hydrogen) atoms. The quantitative estimate of drug-likeness (QED) is 0.866. The van der Waals surface area contributed by atoms with Crippen molar-refractivity contribution in [2.24, 2.45) is 0 Å². The average molecular weight is 265 g/mol. The highest BCUT2D eigenvalue weighted by Crippen LogP contribution is 2.24. The summed E-state index contributed by atoms with van der Waals surface area (Å²) in [5.74, 6) is -0.630. The van der Waals surface area contributed by atoms with Crippen LogP contribution in [0.25, 0.3) is 0 Å². The molecule has 2 rings (SSSR count). The van der Waals surface area contributed by atoms with Crippen molar-refractivity contribution in [2.45, 2.75) is 6.92 Å². The van der Waals surface area contributed by atoms with Gasteiger partial charge < -0.3 is 14.5 Å². The van der Waals surface area contributed by atoms with E-state index in [4.69, 9.17) is 4.42 Å². The van der Waals surface area contributed by atoms with E-state index in [1.165, 1.54) is 24.7 Å². The number of aryl methyl sites for hydroxylation is 1. The predicted octanol–water partition coefficient (Wildman–Crippen LogP) is 2.69. The number of anilines is 1. The van der Waals surface area contributed by atoms with Gasteiger partial charge in [-0.3, -0.25) is 4.79 Å². The number of amides is 1. The second kappa shape index (κ2) is 5.05. The Kier molecular flexibility index (Phi) is 3.47. The Morgan fingerprint density at radius 1 is 1.39 bits per heavy atom. The smallest absolute Gasteiger partial charge is 0.350 e. The van der Waals surface area contributed by atoms with Gasteiger partial charge in [-0.15, -0.1) is 11.3 Å². The Morgan fingerprint density at radius 3 is 2.78 bits per heavy atom. The Balaban J connectivity index is 2.20. The first-order chi connectivity index (χ1) is 8.63. The first kappa shape index (κ1) is 12.4. The van der Waals surface area contributed by atoms with Gasteiger partial charge in [0.1, 0.15) is 4.88 Å². The number of methoxy groups -OCH3 is 1. The van der Waals surface area contributed by atoms with Crippen molar-refractivity contribution in [3.05, 3.63) is 40.0 Å². The van der Waals surface area contributed by atoms with Crippen LogP contribution in [0.15, 0.2) is 28.2 Å². The molecule has 0 radical (unpaired) electrons. The van der Waals surface area contributed by atoms with Crippen LogP contribution in [0.3, 0.4) is 0 Å². The number of rotatable bonds is 3. The van der Waals surface area contributed by atoms with Gasteiger partial charge in [-0.2, -0.15) is 0 Å². The monoisotopic (exact) mass is 265 g/mol. The number of furan rings is 1. The fourth-order valence-corrected chi connectivity index (χ4v) is 2.21. The van der Waals surface area contributed by atoms with Gasteiger partial charge in [0.2, 0.25) is 0 Å². The molecular formula is C12H11NO4S. The number of carbonyl (C=O) groups excluding carboxylic acids is 2. The summed E-state index contributed by atoms with van der Waals surface area (Å²) in [6.45, 7) is 1.77. The number of carbonyl (C=O) groups is 2. The number of ether oxygens (including phenoxy) is 1. The first-order valence-corrected chi connectivity index (χ1v) is 6.02. The van der Waals surface area contributed by atoms with E-state index >= 15 is 0 Å². The molecule has 6 heteroatoms. The van der Waals surface area contributed by atoms with Crippen molar-refractivity contribution in [1.29, 1.82) is 0 Å². The van der Waals surface area contributed by atoms with Crippen LogP contribution in [0, 0.1) is 6.92 Å². The summed E-state index contributed by atoms with van der Waals surface area (Å²) in [7, 11) is 1.30. The van der Waals surface area contributed by atoms with E-state index in [1.807, 2.05) is 0 Å². The second-order valence-electron chi connectivity index (χ2n) is 3.54. The molecule has 1 N–H and O–H groups in total. The summed E-state index contributed by atoms with van der Waals surface area (Å²) >= 11 is 1.21. The van der Waals surface area contributed by atoms with Gasteiger partial charge in [0.25, 0.3) is 5.91 Å². The molecule has 0 aliphatic carbocycles. The van der Waals surface area contributed by atoms with Gasteiger partial charge in [0.15, 0.2) is 5.76 Å². The number of hydrogen-bond acceptors (Lipinski definition) is 5.